The number of hydrogen-bond donors (Lipinski definition) is 0. The van der Waals surface area contributed by atoms with Crippen molar-refractivity contribution < 1.29 is 14.2 Å². The highest BCUT2D eigenvalue weighted by Gasteiger charge is 2.19. The predicted octanol–water partition coefficient (Wildman–Crippen LogP) is 8.78. The summed E-state index contributed by atoms with van der Waals surface area (Å²) in [6.45, 7) is 17.7. The number of nitrogens with zero attached hydrogens (tertiary/aromatic N) is 2. The molecule has 0 aliphatic heterocycles. The molecule has 5 nitrogen and oxygen atoms in total. The van der Waals surface area contributed by atoms with E-state index in [1.54, 1.807) is 23.5 Å². The first-order valence-corrected chi connectivity index (χ1v) is 14.4. The van der Waals surface area contributed by atoms with E-state index in [9.17, 15) is 0 Å². The topological polar surface area (TPSA) is 53.5 Å². The minimum Gasteiger partial charge on any atom is -0.488 e. The summed E-state index contributed by atoms with van der Waals surface area (Å²) in [5, 5.41) is 2.43. The van der Waals surface area contributed by atoms with Gasteiger partial charge in [0, 0.05) is 6.07 Å². The van der Waals surface area contributed by atoms with E-state index in [0.717, 1.165) is 67.8 Å². The van der Waals surface area contributed by atoms with E-state index < -0.39 is 0 Å². The fourth-order valence-corrected chi connectivity index (χ4v) is 6.00. The smallest absolute Gasteiger partial charge is 0.193 e. The van der Waals surface area contributed by atoms with Crippen LogP contribution in [0.3, 0.4) is 0 Å². The van der Waals surface area contributed by atoms with Crippen molar-refractivity contribution in [1.82, 2.24) is 9.97 Å². The number of thioether (sulfide) groups is 3. The lowest BCUT2D eigenvalue weighted by atomic mass is 10.3. The summed E-state index contributed by atoms with van der Waals surface area (Å²) in [5.74, 6) is 0. The molecule has 0 aliphatic rings. The highest BCUT2D eigenvalue weighted by Crippen LogP contribution is 2.35. The second-order valence-corrected chi connectivity index (χ2v) is 10.8. The summed E-state index contributed by atoms with van der Waals surface area (Å²) < 4.78 is 17.2. The van der Waals surface area contributed by atoms with Gasteiger partial charge >= 0.3 is 0 Å². The molecule has 0 saturated heterocycles. The molecule has 0 aliphatic carbocycles. The third-order valence-corrected chi connectivity index (χ3v) is 7.65. The van der Waals surface area contributed by atoms with Crippen LogP contribution in [0.15, 0.2) is 59.8 Å². The lowest BCUT2D eigenvalue weighted by molar-refractivity contribution is 0.210. The lowest BCUT2D eigenvalue weighted by Gasteiger charge is -2.19. The Morgan fingerprint density at radius 2 is 1.06 bits per heavy atom. The van der Waals surface area contributed by atoms with Crippen molar-refractivity contribution in [3.63, 3.8) is 0 Å². The molecule has 0 radical (unpaired) electrons. The van der Waals surface area contributed by atoms with Gasteiger partial charge in [-0.2, -0.15) is 0 Å². The van der Waals surface area contributed by atoms with Crippen molar-refractivity contribution >= 4 is 35.3 Å². The van der Waals surface area contributed by atoms with E-state index in [4.69, 9.17) is 24.2 Å². The van der Waals surface area contributed by atoms with Crippen LogP contribution in [0.25, 0.3) is 0 Å². The predicted molar refractivity (Wildman–Crippen MR) is 143 cm³/mol. The van der Waals surface area contributed by atoms with Gasteiger partial charge in [0.1, 0.15) is 20.9 Å². The molecule has 8 heteroatoms. The van der Waals surface area contributed by atoms with Crippen molar-refractivity contribution in [2.75, 3.05) is 0 Å². The molecule has 3 unspecified atom stereocenters. The monoisotopic (exact) mass is 512 g/mol. The Bertz CT molecular complexity index is 588. The van der Waals surface area contributed by atoms with Crippen LogP contribution >= 0.6 is 35.3 Å². The highest BCUT2D eigenvalue weighted by molar-refractivity contribution is 8.01. The minimum atomic E-state index is -0.0684. The van der Waals surface area contributed by atoms with Crippen LogP contribution in [-0.4, -0.2) is 26.3 Å². The van der Waals surface area contributed by atoms with Gasteiger partial charge < -0.3 is 14.2 Å². The molecular formula is C25H40N2O3S3. The molecule has 0 fully saturated rings. The summed E-state index contributed by atoms with van der Waals surface area (Å²) in [5.41, 5.74) is -0.136. The van der Waals surface area contributed by atoms with Crippen LogP contribution in [0.4, 0.5) is 0 Å². The summed E-state index contributed by atoms with van der Waals surface area (Å²) in [6, 6.07) is 2.02. The zero-order chi connectivity index (χ0) is 24.3. The Hall–Kier alpha value is -1.25. The van der Waals surface area contributed by atoms with E-state index in [0.29, 0.717) is 5.16 Å². The molecule has 1 heterocycles. The van der Waals surface area contributed by atoms with Gasteiger partial charge in [-0.05, 0) is 50.3 Å². The molecule has 1 rings (SSSR count). The van der Waals surface area contributed by atoms with Gasteiger partial charge in [-0.3, -0.25) is 0 Å². The fourth-order valence-electron chi connectivity index (χ4n) is 2.84. The quantitative estimate of drug-likeness (QED) is 0.0532. The summed E-state index contributed by atoms with van der Waals surface area (Å²) >= 11 is 4.74. The van der Waals surface area contributed by atoms with Crippen molar-refractivity contribution in [3.05, 3.63) is 44.6 Å². The van der Waals surface area contributed by atoms with Crippen molar-refractivity contribution in [1.29, 1.82) is 0 Å². The molecule has 0 saturated carbocycles. The number of ether oxygens (including phenoxy) is 3. The second-order valence-electron chi connectivity index (χ2n) is 7.30. The third kappa shape index (κ3) is 13.3. The maximum Gasteiger partial charge on any atom is 0.193 e. The van der Waals surface area contributed by atoms with Crippen molar-refractivity contribution in [2.24, 2.45) is 0 Å². The normalized spacial score (nSPS) is 13.5. The van der Waals surface area contributed by atoms with Gasteiger partial charge in [0.05, 0.1) is 18.8 Å². The van der Waals surface area contributed by atoms with Crippen LogP contribution in [0, 0.1) is 0 Å². The van der Waals surface area contributed by atoms with E-state index in [-0.39, 0.29) is 16.3 Å². The van der Waals surface area contributed by atoms with Gasteiger partial charge in [0.25, 0.3) is 0 Å². The first-order chi connectivity index (χ1) is 16.1. The molecule has 186 valence electrons. The molecule has 1 aromatic heterocycles. The zero-order valence-corrected chi connectivity index (χ0v) is 22.8. The first-order valence-electron chi connectivity index (χ1n) is 11.8. The summed E-state index contributed by atoms with van der Waals surface area (Å²) in [6.07, 6.45) is 13.8. The molecule has 0 spiro atoms. The Labute approximate surface area is 213 Å². The van der Waals surface area contributed by atoms with Crippen LogP contribution < -0.4 is 0 Å². The average Bonchev–Trinajstić information content (AvgIpc) is 2.79. The van der Waals surface area contributed by atoms with Crippen LogP contribution in [0.1, 0.15) is 78.6 Å². The zero-order valence-electron chi connectivity index (χ0n) is 20.4. The summed E-state index contributed by atoms with van der Waals surface area (Å²) in [4.78, 5) is 9.64. The van der Waals surface area contributed by atoms with E-state index in [2.05, 4.69) is 40.5 Å². The third-order valence-electron chi connectivity index (χ3n) is 4.52. The number of unbranched alkanes of at least 4 members (excludes halogenated alkanes) is 3. The van der Waals surface area contributed by atoms with E-state index in [1.807, 2.05) is 6.07 Å². The van der Waals surface area contributed by atoms with Crippen LogP contribution in [-0.2, 0) is 14.2 Å². The van der Waals surface area contributed by atoms with Gasteiger partial charge in [0.15, 0.2) is 10.6 Å². The number of aromatic nitrogens is 2. The van der Waals surface area contributed by atoms with Crippen molar-refractivity contribution in [2.45, 2.75) is 110 Å². The Morgan fingerprint density at radius 1 is 0.697 bits per heavy atom. The number of rotatable bonds is 21. The second kappa shape index (κ2) is 19.1. The summed E-state index contributed by atoms with van der Waals surface area (Å²) in [7, 11) is 0. The van der Waals surface area contributed by atoms with Crippen molar-refractivity contribution in [3.8, 4) is 0 Å². The maximum atomic E-state index is 5.75. The van der Waals surface area contributed by atoms with E-state index >= 15 is 0 Å². The Balaban J connectivity index is 3.16. The standard InChI is InChI=1S/C25H40N2O3S3/c1-7-13-16-22(28-10-4)31-20-19-21(32-23(29-11-5)17-14-8-2)27-25(26-20)33-24(30-12-6)18-15-9-3/h10-12,19,22-24H,4-9,13-18H2,1-3H3. The highest BCUT2D eigenvalue weighted by atomic mass is 32.2. The van der Waals surface area contributed by atoms with Gasteiger partial charge in [0.2, 0.25) is 0 Å². The largest absolute Gasteiger partial charge is 0.488 e. The lowest BCUT2D eigenvalue weighted by Crippen LogP contribution is -2.09. The molecule has 1 aromatic rings. The maximum absolute atomic E-state index is 5.75. The minimum absolute atomic E-state index is 0.0336. The van der Waals surface area contributed by atoms with Crippen LogP contribution in [0.5, 0.6) is 0 Å². The molecule has 33 heavy (non-hydrogen) atoms. The molecule has 3 atom stereocenters. The Kier molecular flexibility index (Phi) is 17.2. The molecule has 0 aromatic carbocycles. The molecule has 0 N–H and O–H groups in total. The molecule has 0 bridgehead atoms. The number of hydrogen-bond acceptors (Lipinski definition) is 8. The average molecular weight is 513 g/mol. The van der Waals surface area contributed by atoms with Gasteiger partial charge in [-0.15, -0.1) is 0 Å². The van der Waals surface area contributed by atoms with Gasteiger partial charge in [-0.1, -0.05) is 83.3 Å². The molecule has 0 amide bonds. The van der Waals surface area contributed by atoms with Crippen LogP contribution in [0.2, 0.25) is 0 Å². The SMILES string of the molecule is C=COC(CCCC)Sc1cc(SC(CCCC)OC=C)nc(SC(CCCC)OC=C)n1. The molecular weight excluding hydrogens is 472 g/mol. The van der Waals surface area contributed by atoms with E-state index in [1.165, 1.54) is 30.5 Å². The fraction of sp³-hybridized carbons (Fsp3) is 0.600. The first kappa shape index (κ1) is 29.8. The Morgan fingerprint density at radius 3 is 1.39 bits per heavy atom. The van der Waals surface area contributed by atoms with Gasteiger partial charge in [-0.25, -0.2) is 9.97 Å².